The first-order valence-electron chi connectivity index (χ1n) is 3.97. The summed E-state index contributed by atoms with van der Waals surface area (Å²) in [4.78, 5) is 1.68. The van der Waals surface area contributed by atoms with Crippen LogP contribution in [-0.2, 0) is 0 Å². The van der Waals surface area contributed by atoms with E-state index in [1.807, 2.05) is 6.92 Å². The van der Waals surface area contributed by atoms with Crippen LogP contribution < -0.4 is 4.90 Å². The van der Waals surface area contributed by atoms with Crippen molar-refractivity contribution >= 4 is 17.3 Å². The van der Waals surface area contributed by atoms with Gasteiger partial charge in [-0.25, -0.2) is 0 Å². The van der Waals surface area contributed by atoms with E-state index in [-0.39, 0.29) is 0 Å². The van der Waals surface area contributed by atoms with Gasteiger partial charge in [-0.3, -0.25) is 5.10 Å². The van der Waals surface area contributed by atoms with Crippen LogP contribution in [0.15, 0.2) is 18.9 Å². The Hall–Kier alpha value is -1.00. The highest BCUT2D eigenvalue weighted by atomic mass is 35.5. The van der Waals surface area contributed by atoms with E-state index in [1.165, 1.54) is 6.08 Å². The normalized spacial score (nSPS) is 12.5. The van der Waals surface area contributed by atoms with Crippen LogP contribution in [0.4, 0.5) is 5.69 Å². The zero-order chi connectivity index (χ0) is 9.84. The molecule has 0 radical (unpaired) electrons. The van der Waals surface area contributed by atoms with Gasteiger partial charge in [0.05, 0.1) is 5.69 Å². The Kier molecular flexibility index (Phi) is 3.33. The Balaban J connectivity index is 2.90. The fraction of sp³-hybridized carbons (Fsp3) is 0.375. The third-order valence-electron chi connectivity index (χ3n) is 1.76. The second-order valence-corrected chi connectivity index (χ2v) is 2.85. The highest BCUT2D eigenvalue weighted by Gasteiger charge is 2.15. The molecule has 13 heavy (non-hydrogen) atoms. The molecule has 0 aliphatic heterocycles. The number of nitrogens with zero attached hydrogens (tertiary/aromatic N) is 2. The average Bonchev–Trinajstić information content (AvgIpc) is 2.53. The van der Waals surface area contributed by atoms with Crippen LogP contribution in [0.25, 0.3) is 0 Å². The maximum atomic E-state index is 9.52. The molecule has 0 saturated carbocycles. The van der Waals surface area contributed by atoms with Crippen molar-refractivity contribution in [2.45, 2.75) is 13.2 Å². The molecule has 0 amide bonds. The van der Waals surface area contributed by atoms with Crippen molar-refractivity contribution in [2.24, 2.45) is 0 Å². The summed E-state index contributed by atoms with van der Waals surface area (Å²) in [6.45, 7) is 6.05. The minimum atomic E-state index is -0.736. The molecule has 0 spiro atoms. The van der Waals surface area contributed by atoms with E-state index in [0.717, 1.165) is 0 Å². The topological polar surface area (TPSA) is 52.1 Å². The van der Waals surface area contributed by atoms with Crippen molar-refractivity contribution < 1.29 is 5.11 Å². The zero-order valence-corrected chi connectivity index (χ0v) is 8.12. The third kappa shape index (κ3) is 2.02. The summed E-state index contributed by atoms with van der Waals surface area (Å²) in [5.74, 6) is 0. The molecule has 72 valence electrons. The van der Waals surface area contributed by atoms with Crippen molar-refractivity contribution in [1.82, 2.24) is 10.2 Å². The molecule has 0 fully saturated rings. The summed E-state index contributed by atoms with van der Waals surface area (Å²) in [6.07, 6.45) is 2.34. The van der Waals surface area contributed by atoms with Gasteiger partial charge in [-0.15, -0.1) is 0 Å². The maximum Gasteiger partial charge on any atom is 0.174 e. The fourth-order valence-electron chi connectivity index (χ4n) is 1.10. The van der Waals surface area contributed by atoms with Crippen LogP contribution in [0.3, 0.4) is 0 Å². The number of hydrogen-bond donors (Lipinski definition) is 2. The molecule has 2 N–H and O–H groups in total. The summed E-state index contributed by atoms with van der Waals surface area (Å²) < 4.78 is 0. The standard InChI is InChI=1S/C8H12ClN3O/c1-3-7(13)12(4-2)6-5-10-11-8(6)9/h3,5,7,13H,1,4H2,2H3,(H,10,11). The van der Waals surface area contributed by atoms with Crippen molar-refractivity contribution in [3.05, 3.63) is 24.0 Å². The molecule has 4 nitrogen and oxygen atoms in total. The lowest BCUT2D eigenvalue weighted by Gasteiger charge is -2.24. The lowest BCUT2D eigenvalue weighted by Crippen LogP contribution is -2.33. The summed E-state index contributed by atoms with van der Waals surface area (Å²) >= 11 is 5.78. The van der Waals surface area contributed by atoms with Gasteiger partial charge >= 0.3 is 0 Å². The van der Waals surface area contributed by atoms with Crippen LogP contribution in [-0.4, -0.2) is 28.1 Å². The predicted molar refractivity (Wildman–Crippen MR) is 52.8 cm³/mol. The molecule has 1 rings (SSSR count). The molecule has 0 aromatic carbocycles. The van der Waals surface area contributed by atoms with E-state index >= 15 is 0 Å². The number of rotatable bonds is 4. The van der Waals surface area contributed by atoms with Gasteiger partial charge in [0.25, 0.3) is 0 Å². The van der Waals surface area contributed by atoms with E-state index in [1.54, 1.807) is 11.1 Å². The Morgan fingerprint density at radius 3 is 3.00 bits per heavy atom. The van der Waals surface area contributed by atoms with Gasteiger partial charge in [0.2, 0.25) is 0 Å². The monoisotopic (exact) mass is 201 g/mol. The van der Waals surface area contributed by atoms with Gasteiger partial charge in [-0.2, -0.15) is 5.10 Å². The van der Waals surface area contributed by atoms with Crippen LogP contribution in [0.2, 0.25) is 5.15 Å². The molecule has 1 unspecified atom stereocenters. The number of aliphatic hydroxyl groups is 1. The number of hydrogen-bond acceptors (Lipinski definition) is 3. The average molecular weight is 202 g/mol. The number of nitrogens with one attached hydrogen (secondary N) is 1. The molecular formula is C8H12ClN3O. The summed E-state index contributed by atoms with van der Waals surface area (Å²) in [6, 6.07) is 0. The molecule has 0 aliphatic carbocycles. The van der Waals surface area contributed by atoms with Crippen LogP contribution in [0, 0.1) is 0 Å². The minimum Gasteiger partial charge on any atom is -0.370 e. The first-order valence-corrected chi connectivity index (χ1v) is 4.35. The number of aromatic amines is 1. The zero-order valence-electron chi connectivity index (χ0n) is 7.37. The lowest BCUT2D eigenvalue weighted by atomic mass is 10.4. The lowest BCUT2D eigenvalue weighted by molar-refractivity contribution is 0.218. The number of likely N-dealkylation sites (N-methyl/N-ethyl adjacent to an activating group) is 1. The first-order chi connectivity index (χ1) is 6.20. The molecule has 5 heteroatoms. The molecule has 1 aromatic heterocycles. The van der Waals surface area contributed by atoms with E-state index in [4.69, 9.17) is 11.6 Å². The van der Waals surface area contributed by atoms with Crippen molar-refractivity contribution in [3.8, 4) is 0 Å². The smallest absolute Gasteiger partial charge is 0.174 e. The molecule has 1 aromatic rings. The van der Waals surface area contributed by atoms with E-state index in [9.17, 15) is 5.11 Å². The van der Waals surface area contributed by atoms with Crippen molar-refractivity contribution in [2.75, 3.05) is 11.4 Å². The summed E-state index contributed by atoms with van der Waals surface area (Å²) in [5, 5.41) is 16.2. The summed E-state index contributed by atoms with van der Waals surface area (Å²) in [7, 11) is 0. The molecule has 1 atom stereocenters. The quantitative estimate of drug-likeness (QED) is 0.572. The molecule has 0 bridgehead atoms. The molecule has 0 aliphatic rings. The van der Waals surface area contributed by atoms with Gasteiger partial charge in [-0.1, -0.05) is 18.2 Å². The largest absolute Gasteiger partial charge is 0.370 e. The van der Waals surface area contributed by atoms with Gasteiger partial charge in [0.15, 0.2) is 5.15 Å². The highest BCUT2D eigenvalue weighted by Crippen LogP contribution is 2.23. The third-order valence-corrected chi connectivity index (χ3v) is 2.03. The van der Waals surface area contributed by atoms with E-state index in [0.29, 0.717) is 17.4 Å². The number of aromatic nitrogens is 2. The molecule has 1 heterocycles. The SMILES string of the molecule is C=CC(O)N(CC)c1c[nH]nc1Cl. The van der Waals surface area contributed by atoms with E-state index < -0.39 is 6.23 Å². The van der Waals surface area contributed by atoms with Crippen molar-refractivity contribution in [3.63, 3.8) is 0 Å². The van der Waals surface area contributed by atoms with Gasteiger partial charge in [0.1, 0.15) is 6.23 Å². The minimum absolute atomic E-state index is 0.350. The number of aliphatic hydroxyl groups excluding tert-OH is 1. The highest BCUT2D eigenvalue weighted by molar-refractivity contribution is 6.32. The fourth-order valence-corrected chi connectivity index (χ4v) is 1.31. The number of anilines is 1. The molecule has 0 saturated heterocycles. The van der Waals surface area contributed by atoms with Crippen LogP contribution in [0.5, 0.6) is 0 Å². The Labute approximate surface area is 81.8 Å². The van der Waals surface area contributed by atoms with Gasteiger partial charge in [0, 0.05) is 12.7 Å². The van der Waals surface area contributed by atoms with Crippen LogP contribution in [0.1, 0.15) is 6.92 Å². The maximum absolute atomic E-state index is 9.52. The second-order valence-electron chi connectivity index (χ2n) is 2.50. The van der Waals surface area contributed by atoms with Gasteiger partial charge in [-0.05, 0) is 13.0 Å². The summed E-state index contributed by atoms with van der Waals surface area (Å²) in [5.41, 5.74) is 0.677. The van der Waals surface area contributed by atoms with Gasteiger partial charge < -0.3 is 10.0 Å². The predicted octanol–water partition coefficient (Wildman–Crippen LogP) is 1.39. The first kappa shape index (κ1) is 10.1. The number of H-pyrrole nitrogens is 1. The molecular weight excluding hydrogens is 190 g/mol. The van der Waals surface area contributed by atoms with Crippen molar-refractivity contribution in [1.29, 1.82) is 0 Å². The second kappa shape index (κ2) is 4.30. The Morgan fingerprint density at radius 1 is 1.92 bits per heavy atom. The Morgan fingerprint density at radius 2 is 2.62 bits per heavy atom. The number of halogens is 1. The van der Waals surface area contributed by atoms with E-state index in [2.05, 4.69) is 16.8 Å². The van der Waals surface area contributed by atoms with Crippen LogP contribution >= 0.6 is 11.6 Å². The Bertz CT molecular complexity index is 287.